The Bertz CT molecular complexity index is 1070. The molecule has 0 unspecified atom stereocenters. The quantitative estimate of drug-likeness (QED) is 0.429. The molecule has 0 spiro atoms. The molecule has 0 fully saturated rings. The molecule has 0 amide bonds. The van der Waals surface area contributed by atoms with Crippen LogP contribution in [0.25, 0.3) is 0 Å². The fourth-order valence-corrected chi connectivity index (χ4v) is 3.95. The molecule has 156 valence electrons. The third-order valence-corrected chi connectivity index (χ3v) is 5.34. The number of rotatable bonds is 7. The smallest absolute Gasteiger partial charge is 0.268 e. The number of halogens is 1. The van der Waals surface area contributed by atoms with Crippen molar-refractivity contribution in [1.82, 2.24) is 20.4 Å². The van der Waals surface area contributed by atoms with Crippen LogP contribution in [0, 0.1) is 19.8 Å². The highest BCUT2D eigenvalue weighted by molar-refractivity contribution is 9.10. The van der Waals surface area contributed by atoms with Crippen LogP contribution in [0.3, 0.4) is 0 Å². The molecule has 0 aliphatic carbocycles. The molecule has 8 nitrogen and oxygen atoms in total. The van der Waals surface area contributed by atoms with Crippen molar-refractivity contribution in [1.29, 1.82) is 0 Å². The van der Waals surface area contributed by atoms with E-state index in [1.807, 2.05) is 12.1 Å². The van der Waals surface area contributed by atoms with Gasteiger partial charge in [0.1, 0.15) is 0 Å². The van der Waals surface area contributed by atoms with E-state index in [2.05, 4.69) is 50.2 Å². The van der Waals surface area contributed by atoms with Gasteiger partial charge in [0.25, 0.3) is 11.1 Å². The lowest BCUT2D eigenvalue weighted by Crippen LogP contribution is -2.20. The van der Waals surface area contributed by atoms with Crippen molar-refractivity contribution in [3.8, 4) is 11.5 Å². The molecule has 0 saturated heterocycles. The monoisotopic (exact) mass is 464 g/mol. The predicted octanol–water partition coefficient (Wildman–Crippen LogP) is 3.32. The Balaban J connectivity index is 2.23. The largest absolute Gasteiger partial charge is 0.493 e. The zero-order chi connectivity index (χ0) is 21.3. The minimum Gasteiger partial charge on any atom is -0.493 e. The molecule has 0 saturated carbocycles. The Morgan fingerprint density at radius 3 is 1.93 bits per heavy atom. The second kappa shape index (κ2) is 8.36. The Hall–Kier alpha value is -2.68. The second-order valence-electron chi connectivity index (χ2n) is 7.41. The first kappa shape index (κ1) is 21.0. The SMILES string of the molecule is COc1cc(C(c2c(C)[nH][nH]c2=O)c2c(C)[nH][nH]c2=O)cc(Br)c1OCC(C)C. The lowest BCUT2D eigenvalue weighted by atomic mass is 9.85. The Morgan fingerprint density at radius 1 is 0.966 bits per heavy atom. The van der Waals surface area contributed by atoms with E-state index < -0.39 is 5.92 Å². The second-order valence-corrected chi connectivity index (χ2v) is 8.26. The number of benzene rings is 1. The first-order valence-electron chi connectivity index (χ1n) is 9.29. The average molecular weight is 465 g/mol. The Kier molecular flexibility index (Phi) is 6.07. The molecule has 3 aromatic rings. The molecule has 0 bridgehead atoms. The number of ether oxygens (including phenoxy) is 2. The third-order valence-electron chi connectivity index (χ3n) is 4.75. The van der Waals surface area contributed by atoms with Crippen molar-refractivity contribution in [2.24, 2.45) is 5.92 Å². The first-order chi connectivity index (χ1) is 13.7. The van der Waals surface area contributed by atoms with Crippen molar-refractivity contribution < 1.29 is 9.47 Å². The molecule has 3 rings (SSSR count). The van der Waals surface area contributed by atoms with Gasteiger partial charge in [-0.25, -0.2) is 0 Å². The molecule has 9 heteroatoms. The number of H-pyrrole nitrogens is 4. The topological polar surface area (TPSA) is 116 Å². The maximum atomic E-state index is 12.6. The van der Waals surface area contributed by atoms with Crippen LogP contribution >= 0.6 is 15.9 Å². The summed E-state index contributed by atoms with van der Waals surface area (Å²) >= 11 is 3.57. The van der Waals surface area contributed by atoms with E-state index in [1.54, 1.807) is 21.0 Å². The molecule has 2 heterocycles. The number of hydrogen-bond acceptors (Lipinski definition) is 4. The highest BCUT2D eigenvalue weighted by atomic mass is 79.9. The van der Waals surface area contributed by atoms with Gasteiger partial charge in [-0.2, -0.15) is 0 Å². The van der Waals surface area contributed by atoms with Crippen molar-refractivity contribution in [3.63, 3.8) is 0 Å². The van der Waals surface area contributed by atoms with Gasteiger partial charge in [-0.05, 0) is 53.4 Å². The highest BCUT2D eigenvalue weighted by Crippen LogP contribution is 2.41. The van der Waals surface area contributed by atoms with Crippen molar-refractivity contribution in [2.75, 3.05) is 13.7 Å². The maximum absolute atomic E-state index is 12.6. The fourth-order valence-electron chi connectivity index (χ4n) is 3.38. The summed E-state index contributed by atoms with van der Waals surface area (Å²) in [6.07, 6.45) is 0. The van der Waals surface area contributed by atoms with Crippen LogP contribution in [-0.4, -0.2) is 34.1 Å². The van der Waals surface area contributed by atoms with E-state index in [0.717, 1.165) is 5.56 Å². The first-order valence-corrected chi connectivity index (χ1v) is 10.1. The van der Waals surface area contributed by atoms with Crippen molar-refractivity contribution in [3.05, 3.63) is 65.4 Å². The lowest BCUT2D eigenvalue weighted by molar-refractivity contribution is 0.255. The van der Waals surface area contributed by atoms with Crippen LogP contribution in [0.15, 0.2) is 26.2 Å². The summed E-state index contributed by atoms with van der Waals surface area (Å²) in [6.45, 7) is 8.25. The van der Waals surface area contributed by atoms with E-state index in [-0.39, 0.29) is 11.1 Å². The molecule has 29 heavy (non-hydrogen) atoms. The van der Waals surface area contributed by atoms with Crippen LogP contribution in [-0.2, 0) is 0 Å². The number of hydrogen-bond donors (Lipinski definition) is 4. The highest BCUT2D eigenvalue weighted by Gasteiger charge is 2.29. The van der Waals surface area contributed by atoms with E-state index in [0.29, 0.717) is 51.0 Å². The van der Waals surface area contributed by atoms with Crippen LogP contribution in [0.1, 0.15) is 47.8 Å². The van der Waals surface area contributed by atoms with Crippen LogP contribution < -0.4 is 20.6 Å². The number of methoxy groups -OCH3 is 1. The van der Waals surface area contributed by atoms with Crippen LogP contribution in [0.5, 0.6) is 11.5 Å². The summed E-state index contributed by atoms with van der Waals surface area (Å²) < 4.78 is 12.2. The molecule has 1 aromatic carbocycles. The standard InChI is InChI=1S/C20H25BrN4O4/c1-9(2)8-29-18-13(21)6-12(7-14(18)28-5)17(15-10(3)22-24-19(15)26)16-11(4)23-25-20(16)27/h6-7,9,17H,8H2,1-5H3,(H2,22,24,26)(H2,23,25,27). The van der Waals surface area contributed by atoms with E-state index in [9.17, 15) is 9.59 Å². The summed E-state index contributed by atoms with van der Waals surface area (Å²) in [4.78, 5) is 25.2. The number of nitrogens with one attached hydrogen (secondary N) is 4. The zero-order valence-corrected chi connectivity index (χ0v) is 18.6. The van der Waals surface area contributed by atoms with Gasteiger partial charge in [0.2, 0.25) is 0 Å². The molecular formula is C20H25BrN4O4. The van der Waals surface area contributed by atoms with E-state index in [4.69, 9.17) is 9.47 Å². The van der Waals surface area contributed by atoms with Gasteiger partial charge in [-0.1, -0.05) is 13.8 Å². The summed E-state index contributed by atoms with van der Waals surface area (Å²) in [5.41, 5.74) is 2.45. The Morgan fingerprint density at radius 2 is 1.52 bits per heavy atom. The summed E-state index contributed by atoms with van der Waals surface area (Å²) in [7, 11) is 1.56. The molecule has 2 aromatic heterocycles. The molecular weight excluding hydrogens is 440 g/mol. The van der Waals surface area contributed by atoms with Crippen molar-refractivity contribution in [2.45, 2.75) is 33.6 Å². The Labute approximate surface area is 176 Å². The van der Waals surface area contributed by atoms with E-state index in [1.165, 1.54) is 0 Å². The van der Waals surface area contributed by atoms with Crippen LogP contribution in [0.4, 0.5) is 0 Å². The van der Waals surface area contributed by atoms with Gasteiger partial charge in [0, 0.05) is 17.3 Å². The number of aromatic nitrogens is 4. The normalized spacial score (nSPS) is 11.4. The van der Waals surface area contributed by atoms with Crippen LogP contribution in [0.2, 0.25) is 0 Å². The van der Waals surface area contributed by atoms with Crippen molar-refractivity contribution >= 4 is 15.9 Å². The van der Waals surface area contributed by atoms with Gasteiger partial charge in [-0.3, -0.25) is 19.8 Å². The van der Waals surface area contributed by atoms with E-state index >= 15 is 0 Å². The lowest BCUT2D eigenvalue weighted by Gasteiger charge is -2.20. The predicted molar refractivity (Wildman–Crippen MR) is 114 cm³/mol. The van der Waals surface area contributed by atoms with Gasteiger partial charge < -0.3 is 19.7 Å². The zero-order valence-electron chi connectivity index (χ0n) is 17.0. The van der Waals surface area contributed by atoms with Gasteiger partial charge >= 0.3 is 0 Å². The fraction of sp³-hybridized carbons (Fsp3) is 0.400. The molecule has 0 aliphatic heterocycles. The van der Waals surface area contributed by atoms with Gasteiger partial charge in [-0.15, -0.1) is 0 Å². The van der Waals surface area contributed by atoms with Gasteiger partial charge in [0.15, 0.2) is 11.5 Å². The molecule has 0 radical (unpaired) electrons. The average Bonchev–Trinajstić information content (AvgIpc) is 3.17. The number of aromatic amines is 4. The maximum Gasteiger partial charge on any atom is 0.268 e. The summed E-state index contributed by atoms with van der Waals surface area (Å²) in [5.74, 6) is 0.864. The third kappa shape index (κ3) is 4.05. The minimum atomic E-state index is -0.593. The molecule has 0 aliphatic rings. The number of aryl methyl sites for hydroxylation is 2. The van der Waals surface area contributed by atoms with Gasteiger partial charge in [0.05, 0.1) is 29.3 Å². The molecule has 0 atom stereocenters. The summed E-state index contributed by atoms with van der Waals surface area (Å²) in [6, 6.07) is 3.67. The molecule has 4 N–H and O–H groups in total. The minimum absolute atomic E-state index is 0.275. The summed E-state index contributed by atoms with van der Waals surface area (Å²) in [5, 5.41) is 10.9.